The summed E-state index contributed by atoms with van der Waals surface area (Å²) in [7, 11) is 0. The summed E-state index contributed by atoms with van der Waals surface area (Å²) in [4.78, 5) is 21.3. The number of benzene rings is 1. The second-order valence-electron chi connectivity index (χ2n) is 7.27. The Bertz CT molecular complexity index is 864. The van der Waals surface area contributed by atoms with Crippen LogP contribution in [0.2, 0.25) is 0 Å². The first kappa shape index (κ1) is 26.0. The molecule has 0 atom stereocenters. The third-order valence-corrected chi connectivity index (χ3v) is 5.05. The molecule has 0 unspecified atom stereocenters. The number of piperidine rings is 1. The van der Waals surface area contributed by atoms with Crippen molar-refractivity contribution in [2.24, 2.45) is 0 Å². The van der Waals surface area contributed by atoms with Crippen LogP contribution in [0.3, 0.4) is 0 Å². The molecule has 1 fully saturated rings. The molecule has 1 aliphatic heterocycles. The molecule has 30 heavy (non-hydrogen) atoms. The average molecular weight is 455 g/mol. The number of hydrogen-bond donors (Lipinski definition) is 2. The minimum absolute atomic E-state index is 0. The second kappa shape index (κ2) is 13.3. The molecule has 8 heteroatoms. The van der Waals surface area contributed by atoms with Gasteiger partial charge in [-0.15, -0.1) is 24.8 Å². The molecule has 2 heterocycles. The smallest absolute Gasteiger partial charge is 0.255 e. The van der Waals surface area contributed by atoms with Gasteiger partial charge in [-0.25, -0.2) is 4.98 Å². The number of ether oxygens (including phenoxy) is 1. The van der Waals surface area contributed by atoms with E-state index in [9.17, 15) is 4.79 Å². The molecule has 1 aromatic heterocycles. The van der Waals surface area contributed by atoms with Crippen LogP contribution in [-0.4, -0.2) is 41.1 Å². The largest absolute Gasteiger partial charge is 0.490 e. The highest BCUT2D eigenvalue weighted by Crippen LogP contribution is 2.17. The van der Waals surface area contributed by atoms with Gasteiger partial charge in [-0.3, -0.25) is 14.7 Å². The predicted octanol–water partition coefficient (Wildman–Crippen LogP) is 4.26. The Morgan fingerprint density at radius 3 is 2.67 bits per heavy atom. The van der Waals surface area contributed by atoms with Crippen LogP contribution in [0.15, 0.2) is 41.2 Å². The van der Waals surface area contributed by atoms with E-state index in [1.54, 1.807) is 6.92 Å². The lowest BCUT2D eigenvalue weighted by Gasteiger charge is -2.26. The number of nitrogens with zero attached hydrogens (tertiary/aromatic N) is 2. The number of halogens is 2. The first-order valence-corrected chi connectivity index (χ1v) is 10.0. The summed E-state index contributed by atoms with van der Waals surface area (Å²) in [6.45, 7) is 8.07. The van der Waals surface area contributed by atoms with E-state index in [2.05, 4.69) is 38.4 Å². The maximum absolute atomic E-state index is 11.7. The molecule has 6 nitrogen and oxygen atoms in total. The highest BCUT2D eigenvalue weighted by atomic mass is 35.5. The van der Waals surface area contributed by atoms with Crippen molar-refractivity contribution >= 4 is 30.8 Å². The Labute approximate surface area is 191 Å². The molecular weight excluding hydrogens is 423 g/mol. The van der Waals surface area contributed by atoms with E-state index in [1.807, 2.05) is 25.1 Å². The molecule has 166 valence electrons. The molecule has 0 radical (unpaired) electrons. The van der Waals surface area contributed by atoms with Crippen LogP contribution in [0.4, 0.5) is 5.95 Å². The maximum atomic E-state index is 11.7. The zero-order valence-electron chi connectivity index (χ0n) is 17.6. The zero-order chi connectivity index (χ0) is 19.8. The molecule has 3 rings (SSSR count). The fourth-order valence-electron chi connectivity index (χ4n) is 3.29. The number of aromatic amines is 1. The number of nitrogens with one attached hydrogen (secondary N) is 2. The van der Waals surface area contributed by atoms with Crippen LogP contribution in [0.1, 0.15) is 36.1 Å². The molecule has 0 amide bonds. The molecule has 1 aliphatic rings. The summed E-state index contributed by atoms with van der Waals surface area (Å²) < 4.78 is 5.84. The number of hydrogen-bond acceptors (Lipinski definition) is 5. The van der Waals surface area contributed by atoms with Crippen molar-refractivity contribution in [2.75, 3.05) is 31.6 Å². The summed E-state index contributed by atoms with van der Waals surface area (Å²) in [5.41, 5.74) is 2.58. The predicted molar refractivity (Wildman–Crippen MR) is 128 cm³/mol. The van der Waals surface area contributed by atoms with E-state index >= 15 is 0 Å². The molecule has 2 aromatic rings. The highest BCUT2D eigenvalue weighted by Gasteiger charge is 2.10. The molecular formula is C22H32Cl2N4O2. The van der Waals surface area contributed by atoms with Gasteiger partial charge in [-0.05, 0) is 63.6 Å². The fraction of sp³-hybridized carbons (Fsp3) is 0.455. The maximum Gasteiger partial charge on any atom is 0.255 e. The standard InChI is InChI=1S/C22H30N4O2.2ClH/c1-17-18(2)24-22(25-21(17)27)23-11-4-7-14-28-20-10-8-9-19(15-20)16-26-12-5-3-6-13-26;;/h4,7-10,15H,3,5-6,11-14,16H2,1-2H3,(H2,23,24,25,27);2*1H/b7-4-;;. The van der Waals surface area contributed by atoms with Gasteiger partial charge in [0.05, 0.1) is 0 Å². The van der Waals surface area contributed by atoms with E-state index in [4.69, 9.17) is 4.74 Å². The van der Waals surface area contributed by atoms with Gasteiger partial charge < -0.3 is 10.1 Å². The van der Waals surface area contributed by atoms with Gasteiger partial charge in [0.25, 0.3) is 5.56 Å². The Kier molecular flexibility index (Phi) is 11.5. The molecule has 2 N–H and O–H groups in total. The summed E-state index contributed by atoms with van der Waals surface area (Å²) in [5.74, 6) is 1.39. The number of likely N-dealkylation sites (tertiary alicyclic amines) is 1. The molecule has 0 saturated carbocycles. The number of aromatic nitrogens is 2. The average Bonchev–Trinajstić information content (AvgIpc) is 2.70. The minimum atomic E-state index is -0.105. The van der Waals surface area contributed by atoms with Crippen LogP contribution in [0, 0.1) is 13.8 Å². The van der Waals surface area contributed by atoms with Gasteiger partial charge in [0.2, 0.25) is 5.95 Å². The van der Waals surface area contributed by atoms with Crippen molar-refractivity contribution in [3.05, 3.63) is 63.6 Å². The molecule has 0 spiro atoms. The van der Waals surface area contributed by atoms with Crippen LogP contribution in [0.5, 0.6) is 5.75 Å². The highest BCUT2D eigenvalue weighted by molar-refractivity contribution is 5.85. The lowest BCUT2D eigenvalue weighted by Crippen LogP contribution is -2.29. The first-order valence-electron chi connectivity index (χ1n) is 10.0. The summed E-state index contributed by atoms with van der Waals surface area (Å²) in [6, 6.07) is 8.35. The van der Waals surface area contributed by atoms with Crippen molar-refractivity contribution in [1.82, 2.24) is 14.9 Å². The topological polar surface area (TPSA) is 70.2 Å². The summed E-state index contributed by atoms with van der Waals surface area (Å²) in [5, 5.41) is 3.09. The monoisotopic (exact) mass is 454 g/mol. The van der Waals surface area contributed by atoms with Crippen LogP contribution >= 0.6 is 24.8 Å². The lowest BCUT2D eigenvalue weighted by atomic mass is 10.1. The Morgan fingerprint density at radius 1 is 1.17 bits per heavy atom. The number of aryl methyl sites for hydroxylation is 1. The van der Waals surface area contributed by atoms with E-state index in [1.165, 1.54) is 37.9 Å². The Hall–Kier alpha value is -2.02. The number of H-pyrrole nitrogens is 1. The minimum Gasteiger partial charge on any atom is -0.490 e. The first-order chi connectivity index (χ1) is 13.6. The third-order valence-electron chi connectivity index (χ3n) is 5.05. The number of rotatable bonds is 8. The second-order valence-corrected chi connectivity index (χ2v) is 7.27. The van der Waals surface area contributed by atoms with Gasteiger partial charge in [0.15, 0.2) is 0 Å². The summed E-state index contributed by atoms with van der Waals surface area (Å²) >= 11 is 0. The molecule has 1 saturated heterocycles. The van der Waals surface area contributed by atoms with Crippen LogP contribution in [0.25, 0.3) is 0 Å². The van der Waals surface area contributed by atoms with Gasteiger partial charge >= 0.3 is 0 Å². The quantitative estimate of drug-likeness (QED) is 0.582. The van der Waals surface area contributed by atoms with E-state index in [0.717, 1.165) is 18.0 Å². The van der Waals surface area contributed by atoms with Crippen molar-refractivity contribution in [1.29, 1.82) is 0 Å². The van der Waals surface area contributed by atoms with E-state index in [0.29, 0.717) is 24.7 Å². The van der Waals surface area contributed by atoms with Crippen molar-refractivity contribution < 1.29 is 4.74 Å². The van der Waals surface area contributed by atoms with Gasteiger partial charge in [-0.1, -0.05) is 24.6 Å². The van der Waals surface area contributed by atoms with Crippen molar-refractivity contribution in [3.63, 3.8) is 0 Å². The summed E-state index contributed by atoms with van der Waals surface area (Å²) in [6.07, 6.45) is 7.90. The van der Waals surface area contributed by atoms with E-state index < -0.39 is 0 Å². The van der Waals surface area contributed by atoms with Crippen molar-refractivity contribution in [2.45, 2.75) is 39.7 Å². The molecule has 0 bridgehead atoms. The Morgan fingerprint density at radius 2 is 1.93 bits per heavy atom. The van der Waals surface area contributed by atoms with Crippen LogP contribution in [-0.2, 0) is 6.54 Å². The fourth-order valence-corrected chi connectivity index (χ4v) is 3.29. The SMILES string of the molecule is Cc1nc(NC/C=C\COc2cccc(CN3CCCCC3)c2)[nH]c(=O)c1C.Cl.Cl. The van der Waals surface area contributed by atoms with Crippen molar-refractivity contribution in [3.8, 4) is 5.75 Å². The third kappa shape index (κ3) is 8.01. The lowest BCUT2D eigenvalue weighted by molar-refractivity contribution is 0.220. The van der Waals surface area contributed by atoms with Crippen LogP contribution < -0.4 is 15.6 Å². The van der Waals surface area contributed by atoms with E-state index in [-0.39, 0.29) is 30.4 Å². The number of anilines is 1. The van der Waals surface area contributed by atoms with Gasteiger partial charge in [-0.2, -0.15) is 0 Å². The van der Waals surface area contributed by atoms with Gasteiger partial charge in [0.1, 0.15) is 12.4 Å². The molecule has 0 aliphatic carbocycles. The normalized spacial score (nSPS) is 14.1. The molecule has 1 aromatic carbocycles. The Balaban J connectivity index is 0.00000225. The zero-order valence-corrected chi connectivity index (χ0v) is 19.3. The van der Waals surface area contributed by atoms with Gasteiger partial charge in [0, 0.05) is 24.3 Å².